The summed E-state index contributed by atoms with van der Waals surface area (Å²) in [6, 6.07) is 7.34. The summed E-state index contributed by atoms with van der Waals surface area (Å²) in [5.41, 5.74) is -0.337. The zero-order valence-corrected chi connectivity index (χ0v) is 11.5. The molecule has 110 valence electrons. The predicted octanol–water partition coefficient (Wildman–Crippen LogP) is 3.37. The Labute approximate surface area is 120 Å². The van der Waals surface area contributed by atoms with Crippen LogP contribution in [0.25, 0.3) is 0 Å². The molecule has 21 heavy (non-hydrogen) atoms. The van der Waals surface area contributed by atoms with Gasteiger partial charge in [0, 0.05) is 11.8 Å². The van der Waals surface area contributed by atoms with Crippen molar-refractivity contribution in [3.8, 4) is 0 Å². The number of rotatable bonds is 5. The molecule has 0 aliphatic carbocycles. The molecule has 1 aromatic heterocycles. The van der Waals surface area contributed by atoms with E-state index in [0.717, 1.165) is 5.76 Å². The summed E-state index contributed by atoms with van der Waals surface area (Å²) in [6.45, 7) is 3.66. The van der Waals surface area contributed by atoms with E-state index in [9.17, 15) is 14.9 Å². The van der Waals surface area contributed by atoms with Crippen LogP contribution < -0.4 is 5.32 Å². The molecule has 7 heteroatoms. The highest BCUT2D eigenvalue weighted by molar-refractivity contribution is 5.93. The Morgan fingerprint density at radius 3 is 2.62 bits per heavy atom. The van der Waals surface area contributed by atoms with Crippen molar-refractivity contribution < 1.29 is 19.2 Å². The van der Waals surface area contributed by atoms with Gasteiger partial charge in [0.1, 0.15) is 17.1 Å². The lowest BCUT2D eigenvalue weighted by Gasteiger charge is -2.13. The van der Waals surface area contributed by atoms with Crippen LogP contribution in [-0.2, 0) is 0 Å². The van der Waals surface area contributed by atoms with E-state index in [1.54, 1.807) is 0 Å². The van der Waals surface area contributed by atoms with Crippen LogP contribution in [-0.4, -0.2) is 16.0 Å². The lowest BCUT2D eigenvalue weighted by atomic mass is 10.1. The lowest BCUT2D eigenvalue weighted by Crippen LogP contribution is -2.08. The lowest BCUT2D eigenvalue weighted by molar-refractivity contribution is -0.385. The van der Waals surface area contributed by atoms with E-state index in [1.165, 1.54) is 18.2 Å². The van der Waals surface area contributed by atoms with Gasteiger partial charge in [-0.2, -0.15) is 0 Å². The molecule has 2 aromatic rings. The Hall–Kier alpha value is -2.83. The Bertz CT molecular complexity index is 692. The fraction of sp³-hybridized carbons (Fsp3) is 0.214. The Kier molecular flexibility index (Phi) is 3.93. The molecule has 2 N–H and O–H groups in total. The molecular formula is C14H14N2O5. The van der Waals surface area contributed by atoms with Gasteiger partial charge in [-0.05, 0) is 38.1 Å². The minimum Gasteiger partial charge on any atom is -0.477 e. The number of aromatic carboxylic acids is 1. The molecule has 1 heterocycles. The van der Waals surface area contributed by atoms with Gasteiger partial charge in [-0.15, -0.1) is 0 Å². The smallest absolute Gasteiger partial charge is 0.342 e. The second-order valence-electron chi connectivity index (χ2n) is 4.61. The number of carbonyl (C=O) groups is 1. The summed E-state index contributed by atoms with van der Waals surface area (Å²) in [4.78, 5) is 21.2. The molecule has 0 fully saturated rings. The van der Waals surface area contributed by atoms with Gasteiger partial charge in [-0.1, -0.05) is 0 Å². The molecule has 0 aliphatic heterocycles. The number of carboxylic acid groups (broad SMARTS) is 1. The highest BCUT2D eigenvalue weighted by atomic mass is 16.6. The zero-order valence-electron chi connectivity index (χ0n) is 11.5. The third-order valence-electron chi connectivity index (χ3n) is 3.00. The molecule has 1 unspecified atom stereocenters. The summed E-state index contributed by atoms with van der Waals surface area (Å²) in [6.07, 6.45) is 0. The Balaban J connectivity index is 2.27. The molecule has 0 saturated carbocycles. The predicted molar refractivity (Wildman–Crippen MR) is 75.5 cm³/mol. The average Bonchev–Trinajstić information content (AvgIpc) is 2.85. The third-order valence-corrected chi connectivity index (χ3v) is 3.00. The SMILES string of the molecule is Cc1ccc(C(C)Nc2ccc(C(=O)O)c([N+](=O)[O-])c2)o1. The first-order chi connectivity index (χ1) is 9.88. The maximum absolute atomic E-state index is 10.9. The number of nitrogens with one attached hydrogen (secondary N) is 1. The highest BCUT2D eigenvalue weighted by Crippen LogP contribution is 2.26. The number of benzene rings is 1. The number of nitro benzene ring substituents is 1. The number of nitro groups is 1. The summed E-state index contributed by atoms with van der Waals surface area (Å²) in [5, 5.41) is 22.9. The van der Waals surface area contributed by atoms with Crippen molar-refractivity contribution in [3.63, 3.8) is 0 Å². The average molecular weight is 290 g/mol. The monoisotopic (exact) mass is 290 g/mol. The van der Waals surface area contributed by atoms with Crippen molar-refractivity contribution in [2.75, 3.05) is 5.32 Å². The van der Waals surface area contributed by atoms with E-state index in [0.29, 0.717) is 11.4 Å². The Morgan fingerprint density at radius 2 is 2.10 bits per heavy atom. The number of aryl methyl sites for hydroxylation is 1. The first kappa shape index (κ1) is 14.6. The molecule has 0 aliphatic rings. The van der Waals surface area contributed by atoms with Gasteiger partial charge in [-0.25, -0.2) is 4.79 Å². The molecule has 0 saturated heterocycles. The van der Waals surface area contributed by atoms with E-state index in [2.05, 4.69) is 5.32 Å². The van der Waals surface area contributed by atoms with Crippen molar-refractivity contribution in [2.24, 2.45) is 0 Å². The van der Waals surface area contributed by atoms with E-state index in [-0.39, 0.29) is 11.6 Å². The zero-order chi connectivity index (χ0) is 15.6. The second kappa shape index (κ2) is 5.66. The van der Waals surface area contributed by atoms with Gasteiger partial charge in [-0.3, -0.25) is 10.1 Å². The van der Waals surface area contributed by atoms with Gasteiger partial charge in [0.2, 0.25) is 0 Å². The van der Waals surface area contributed by atoms with E-state index >= 15 is 0 Å². The molecule has 0 bridgehead atoms. The van der Waals surface area contributed by atoms with Crippen molar-refractivity contribution in [1.29, 1.82) is 0 Å². The number of anilines is 1. The summed E-state index contributed by atoms with van der Waals surface area (Å²) in [7, 11) is 0. The molecule has 0 amide bonds. The minimum absolute atomic E-state index is 0.200. The minimum atomic E-state index is -1.33. The normalized spacial score (nSPS) is 11.9. The molecule has 0 radical (unpaired) electrons. The number of furan rings is 1. The molecular weight excluding hydrogens is 276 g/mol. The van der Waals surface area contributed by atoms with Crippen molar-refractivity contribution in [2.45, 2.75) is 19.9 Å². The maximum Gasteiger partial charge on any atom is 0.342 e. The number of nitrogens with zero attached hydrogens (tertiary/aromatic N) is 1. The van der Waals surface area contributed by atoms with Crippen LogP contribution in [0.4, 0.5) is 11.4 Å². The first-order valence-corrected chi connectivity index (χ1v) is 6.23. The van der Waals surface area contributed by atoms with Gasteiger partial charge >= 0.3 is 5.97 Å². The van der Waals surface area contributed by atoms with Crippen molar-refractivity contribution in [3.05, 3.63) is 57.5 Å². The van der Waals surface area contributed by atoms with Gasteiger partial charge in [0.05, 0.1) is 11.0 Å². The maximum atomic E-state index is 10.9. The highest BCUT2D eigenvalue weighted by Gasteiger charge is 2.20. The summed E-state index contributed by atoms with van der Waals surface area (Å²) < 4.78 is 5.47. The number of hydrogen-bond donors (Lipinski definition) is 2. The van der Waals surface area contributed by atoms with Crippen LogP contribution in [0.5, 0.6) is 0 Å². The first-order valence-electron chi connectivity index (χ1n) is 6.23. The topological polar surface area (TPSA) is 106 Å². The van der Waals surface area contributed by atoms with E-state index in [4.69, 9.17) is 9.52 Å². The summed E-state index contributed by atoms with van der Waals surface area (Å²) >= 11 is 0. The van der Waals surface area contributed by atoms with Crippen LogP contribution in [0.2, 0.25) is 0 Å². The second-order valence-corrected chi connectivity index (χ2v) is 4.61. The summed E-state index contributed by atoms with van der Waals surface area (Å²) in [5.74, 6) is 0.131. The van der Waals surface area contributed by atoms with Crippen molar-refractivity contribution in [1.82, 2.24) is 0 Å². The van der Waals surface area contributed by atoms with Gasteiger partial charge < -0.3 is 14.8 Å². The van der Waals surface area contributed by atoms with E-state index < -0.39 is 16.6 Å². The van der Waals surface area contributed by atoms with Crippen LogP contribution in [0, 0.1) is 17.0 Å². The fourth-order valence-corrected chi connectivity index (χ4v) is 1.96. The van der Waals surface area contributed by atoms with Crippen LogP contribution in [0.3, 0.4) is 0 Å². The van der Waals surface area contributed by atoms with Crippen molar-refractivity contribution >= 4 is 17.3 Å². The quantitative estimate of drug-likeness (QED) is 0.646. The van der Waals surface area contributed by atoms with Crippen LogP contribution in [0.1, 0.15) is 34.8 Å². The molecule has 2 rings (SSSR count). The third kappa shape index (κ3) is 3.19. The van der Waals surface area contributed by atoms with E-state index in [1.807, 2.05) is 26.0 Å². The fourth-order valence-electron chi connectivity index (χ4n) is 1.96. The van der Waals surface area contributed by atoms with Crippen LogP contribution >= 0.6 is 0 Å². The Morgan fingerprint density at radius 1 is 1.38 bits per heavy atom. The molecule has 7 nitrogen and oxygen atoms in total. The van der Waals surface area contributed by atoms with Gasteiger partial charge in [0.15, 0.2) is 0 Å². The van der Waals surface area contributed by atoms with Crippen LogP contribution in [0.15, 0.2) is 34.7 Å². The molecule has 0 spiro atoms. The largest absolute Gasteiger partial charge is 0.477 e. The number of hydrogen-bond acceptors (Lipinski definition) is 5. The molecule has 1 atom stereocenters. The standard InChI is InChI=1S/C14H14N2O5/c1-8-3-6-13(21-8)9(2)15-10-4-5-11(14(17)18)12(7-10)16(19)20/h3-7,9,15H,1-2H3,(H,17,18). The molecule has 1 aromatic carbocycles. The number of carboxylic acids is 1. The van der Waals surface area contributed by atoms with Gasteiger partial charge in [0.25, 0.3) is 5.69 Å².